The fourth-order valence-corrected chi connectivity index (χ4v) is 0.675. The van der Waals surface area contributed by atoms with E-state index in [1.807, 2.05) is 20.8 Å². The van der Waals surface area contributed by atoms with Gasteiger partial charge in [0.25, 0.3) is 0 Å². The molecule has 11 heavy (non-hydrogen) atoms. The van der Waals surface area contributed by atoms with Crippen molar-refractivity contribution in [2.45, 2.75) is 40.2 Å². The molecule has 0 fully saturated rings. The number of aliphatic hydroxyl groups is 1. The highest BCUT2D eigenvalue weighted by atomic mass is 19.3. The van der Waals surface area contributed by atoms with Gasteiger partial charge in [-0.3, -0.25) is 0 Å². The van der Waals surface area contributed by atoms with E-state index in [1.54, 1.807) is 6.92 Å². The maximum atomic E-state index is 12.1. The maximum absolute atomic E-state index is 12.1. The zero-order valence-corrected chi connectivity index (χ0v) is 7.49. The van der Waals surface area contributed by atoms with Crippen LogP contribution in [0.5, 0.6) is 0 Å². The molecule has 0 aliphatic rings. The van der Waals surface area contributed by atoms with Gasteiger partial charge >= 0.3 is 6.11 Å². The van der Waals surface area contributed by atoms with E-state index in [4.69, 9.17) is 5.11 Å². The molecule has 0 amide bonds. The first-order valence-electron chi connectivity index (χ1n) is 3.73. The summed E-state index contributed by atoms with van der Waals surface area (Å²) in [5.74, 6) is -0.192. The zero-order chi connectivity index (χ0) is 9.28. The van der Waals surface area contributed by atoms with Crippen LogP contribution in [0.25, 0.3) is 0 Å². The summed E-state index contributed by atoms with van der Waals surface area (Å²) < 4.78 is 24.1. The highest BCUT2D eigenvalue weighted by Crippen LogP contribution is 2.33. The molecular formula is C8H16F2O. The molecule has 0 aromatic carbocycles. The largest absolute Gasteiger partial charge is 0.353 e. The highest BCUT2D eigenvalue weighted by molar-refractivity contribution is 4.72. The summed E-state index contributed by atoms with van der Waals surface area (Å²) in [7, 11) is 0. The molecule has 0 rings (SSSR count). The number of hydrogen-bond acceptors (Lipinski definition) is 1. The first-order valence-corrected chi connectivity index (χ1v) is 3.73. The third-order valence-electron chi connectivity index (χ3n) is 2.03. The second-order valence-corrected chi connectivity index (χ2v) is 4.14. The van der Waals surface area contributed by atoms with Gasteiger partial charge in [-0.05, 0) is 11.3 Å². The van der Waals surface area contributed by atoms with Crippen LogP contribution in [0.4, 0.5) is 8.78 Å². The van der Waals surface area contributed by atoms with Crippen molar-refractivity contribution in [1.82, 2.24) is 0 Å². The maximum Gasteiger partial charge on any atom is 0.353 e. The monoisotopic (exact) mass is 166 g/mol. The SMILES string of the molecule is CC(CC(O)(F)F)C(C)(C)C. The summed E-state index contributed by atoms with van der Waals surface area (Å²) in [5, 5.41) is 8.22. The van der Waals surface area contributed by atoms with Crippen molar-refractivity contribution in [1.29, 1.82) is 0 Å². The van der Waals surface area contributed by atoms with Crippen LogP contribution in [-0.4, -0.2) is 11.2 Å². The highest BCUT2D eigenvalue weighted by Gasteiger charge is 2.32. The van der Waals surface area contributed by atoms with E-state index in [0.717, 1.165) is 0 Å². The van der Waals surface area contributed by atoms with Crippen molar-refractivity contribution in [3.63, 3.8) is 0 Å². The van der Waals surface area contributed by atoms with Crippen molar-refractivity contribution >= 4 is 0 Å². The number of halogens is 2. The fraction of sp³-hybridized carbons (Fsp3) is 1.00. The lowest BCUT2D eigenvalue weighted by molar-refractivity contribution is -0.214. The molecule has 0 aliphatic heterocycles. The average Bonchev–Trinajstić information content (AvgIpc) is 1.56. The van der Waals surface area contributed by atoms with E-state index in [1.165, 1.54) is 0 Å². The predicted octanol–water partition coefficient (Wildman–Crippen LogP) is 2.64. The van der Waals surface area contributed by atoms with E-state index in [-0.39, 0.29) is 11.3 Å². The Kier molecular flexibility index (Phi) is 3.00. The van der Waals surface area contributed by atoms with E-state index in [9.17, 15) is 8.78 Å². The van der Waals surface area contributed by atoms with Crippen LogP contribution < -0.4 is 0 Å². The molecule has 0 aliphatic carbocycles. The summed E-state index contributed by atoms with van der Waals surface area (Å²) >= 11 is 0. The normalized spacial score (nSPS) is 16.6. The molecule has 0 aromatic rings. The van der Waals surface area contributed by atoms with Gasteiger partial charge in [-0.1, -0.05) is 27.7 Å². The lowest BCUT2D eigenvalue weighted by Crippen LogP contribution is -2.26. The van der Waals surface area contributed by atoms with Gasteiger partial charge < -0.3 is 5.11 Å². The molecule has 1 unspecified atom stereocenters. The Morgan fingerprint density at radius 3 is 1.73 bits per heavy atom. The molecule has 1 nitrogen and oxygen atoms in total. The molecule has 1 atom stereocenters. The van der Waals surface area contributed by atoms with Gasteiger partial charge in [-0.25, -0.2) is 0 Å². The minimum Gasteiger partial charge on any atom is -0.336 e. The van der Waals surface area contributed by atoms with Crippen LogP contribution in [0.1, 0.15) is 34.1 Å². The predicted molar refractivity (Wildman–Crippen MR) is 40.4 cm³/mol. The second kappa shape index (κ2) is 3.05. The quantitative estimate of drug-likeness (QED) is 0.668. The lowest BCUT2D eigenvalue weighted by Gasteiger charge is -2.28. The first-order chi connectivity index (χ1) is 4.63. The third kappa shape index (κ3) is 5.13. The topological polar surface area (TPSA) is 20.2 Å². The third-order valence-corrected chi connectivity index (χ3v) is 2.03. The van der Waals surface area contributed by atoms with E-state index in [2.05, 4.69) is 0 Å². The van der Waals surface area contributed by atoms with Crippen LogP contribution in [0, 0.1) is 11.3 Å². The molecule has 0 saturated heterocycles. The first kappa shape index (κ1) is 10.8. The van der Waals surface area contributed by atoms with Crippen LogP contribution in [0.3, 0.4) is 0 Å². The van der Waals surface area contributed by atoms with Crippen molar-refractivity contribution in [2.75, 3.05) is 0 Å². The van der Waals surface area contributed by atoms with Gasteiger partial charge in [0.05, 0.1) is 0 Å². The molecular weight excluding hydrogens is 150 g/mol. The summed E-state index contributed by atoms with van der Waals surface area (Å²) in [6.07, 6.45) is -3.98. The van der Waals surface area contributed by atoms with Crippen LogP contribution in [0.15, 0.2) is 0 Å². The Morgan fingerprint density at radius 2 is 1.64 bits per heavy atom. The van der Waals surface area contributed by atoms with Gasteiger partial charge in [0.2, 0.25) is 0 Å². The van der Waals surface area contributed by atoms with Crippen molar-refractivity contribution in [3.05, 3.63) is 0 Å². The molecule has 0 radical (unpaired) electrons. The van der Waals surface area contributed by atoms with Gasteiger partial charge in [0, 0.05) is 6.42 Å². The standard InChI is InChI=1S/C8H16F2O/c1-6(7(2,3)4)5-8(9,10)11/h6,11H,5H2,1-4H3. The molecule has 3 heteroatoms. The van der Waals surface area contributed by atoms with Gasteiger partial charge in [-0.15, -0.1) is 0 Å². The average molecular weight is 166 g/mol. The Morgan fingerprint density at radius 1 is 1.27 bits per heavy atom. The number of alkyl halides is 2. The smallest absolute Gasteiger partial charge is 0.336 e. The Balaban J connectivity index is 3.99. The minimum atomic E-state index is -3.52. The number of rotatable bonds is 2. The van der Waals surface area contributed by atoms with Crippen molar-refractivity contribution in [2.24, 2.45) is 11.3 Å². The van der Waals surface area contributed by atoms with Gasteiger partial charge in [-0.2, -0.15) is 8.78 Å². The Hall–Kier alpha value is -0.180. The summed E-state index contributed by atoms with van der Waals surface area (Å²) in [6.45, 7) is 7.35. The molecule has 0 spiro atoms. The number of hydrogen-bond donors (Lipinski definition) is 1. The zero-order valence-electron chi connectivity index (χ0n) is 7.49. The Bertz CT molecular complexity index is 121. The van der Waals surface area contributed by atoms with Crippen LogP contribution in [0.2, 0.25) is 0 Å². The van der Waals surface area contributed by atoms with Crippen molar-refractivity contribution in [3.8, 4) is 0 Å². The fourth-order valence-electron chi connectivity index (χ4n) is 0.675. The summed E-state index contributed by atoms with van der Waals surface area (Å²) in [6, 6.07) is 0. The molecule has 0 aromatic heterocycles. The molecule has 0 bridgehead atoms. The second-order valence-electron chi connectivity index (χ2n) is 4.14. The van der Waals surface area contributed by atoms with Crippen LogP contribution >= 0.6 is 0 Å². The van der Waals surface area contributed by atoms with Crippen LogP contribution in [-0.2, 0) is 0 Å². The minimum absolute atomic E-state index is 0.174. The van der Waals surface area contributed by atoms with Gasteiger partial charge in [0.15, 0.2) is 0 Å². The Labute approximate surface area is 66.4 Å². The van der Waals surface area contributed by atoms with E-state index in [0.29, 0.717) is 0 Å². The molecule has 0 saturated carbocycles. The summed E-state index contributed by atoms with van der Waals surface area (Å²) in [4.78, 5) is 0. The lowest BCUT2D eigenvalue weighted by atomic mass is 9.80. The van der Waals surface area contributed by atoms with Gasteiger partial charge in [0.1, 0.15) is 0 Å². The summed E-state index contributed by atoms with van der Waals surface area (Å²) in [5.41, 5.74) is -0.174. The van der Waals surface area contributed by atoms with E-state index < -0.39 is 12.5 Å². The van der Waals surface area contributed by atoms with E-state index >= 15 is 0 Å². The van der Waals surface area contributed by atoms with Crippen molar-refractivity contribution < 1.29 is 13.9 Å². The molecule has 68 valence electrons. The molecule has 1 N–H and O–H groups in total. The molecule has 0 heterocycles.